The highest BCUT2D eigenvalue weighted by molar-refractivity contribution is 5.77. The second kappa shape index (κ2) is 14.5. The van der Waals surface area contributed by atoms with Crippen LogP contribution in [0.2, 0.25) is 0 Å². The number of hydrogen-bond acceptors (Lipinski definition) is 2. The number of carbonyl (C=O) groups is 2. The van der Waals surface area contributed by atoms with Gasteiger partial charge in [0.15, 0.2) is 0 Å². The van der Waals surface area contributed by atoms with Crippen molar-refractivity contribution < 1.29 is 14.7 Å². The van der Waals surface area contributed by atoms with E-state index in [2.05, 4.69) is 12.2 Å². The Kier molecular flexibility index (Phi) is 13.9. The molecule has 0 unspecified atom stereocenters. The lowest BCUT2D eigenvalue weighted by molar-refractivity contribution is -0.137. The van der Waals surface area contributed by atoms with Gasteiger partial charge < -0.3 is 10.4 Å². The first kappa shape index (κ1) is 21.9. The number of amides is 1. The molecule has 0 aromatic rings. The lowest BCUT2D eigenvalue weighted by Gasteiger charge is -2.18. The Balaban J connectivity index is 3.68. The molecule has 0 aliphatic carbocycles. The fourth-order valence-corrected chi connectivity index (χ4v) is 2.87. The SMILES string of the molecule is CCCCCCCCCCCC(=O)N[C@@H](CC(=O)O)CC(C)C. The quantitative estimate of drug-likeness (QED) is 0.420. The predicted molar refractivity (Wildman–Crippen MR) is 95.5 cm³/mol. The molecule has 0 radical (unpaired) electrons. The number of rotatable bonds is 15. The minimum atomic E-state index is -0.848. The molecule has 0 aromatic carbocycles. The third kappa shape index (κ3) is 15.6. The van der Waals surface area contributed by atoms with Crippen molar-refractivity contribution in [3.05, 3.63) is 0 Å². The second-order valence-electron chi connectivity index (χ2n) is 7.07. The van der Waals surface area contributed by atoms with Gasteiger partial charge in [-0.3, -0.25) is 9.59 Å². The number of hydrogen-bond donors (Lipinski definition) is 2. The zero-order valence-corrected chi connectivity index (χ0v) is 15.4. The van der Waals surface area contributed by atoms with Crippen LogP contribution in [0.5, 0.6) is 0 Å². The zero-order chi connectivity index (χ0) is 17.5. The fourth-order valence-electron chi connectivity index (χ4n) is 2.87. The molecule has 23 heavy (non-hydrogen) atoms. The molecule has 0 saturated heterocycles. The monoisotopic (exact) mass is 327 g/mol. The Labute approximate surface area is 142 Å². The first-order valence-corrected chi connectivity index (χ1v) is 9.46. The van der Waals surface area contributed by atoms with Gasteiger partial charge in [-0.15, -0.1) is 0 Å². The van der Waals surface area contributed by atoms with Crippen LogP contribution in [0.25, 0.3) is 0 Å². The third-order valence-electron chi connectivity index (χ3n) is 4.05. The van der Waals surface area contributed by atoms with Crippen LogP contribution in [-0.2, 0) is 9.59 Å². The van der Waals surface area contributed by atoms with E-state index in [-0.39, 0.29) is 18.4 Å². The van der Waals surface area contributed by atoms with Crippen LogP contribution in [0.3, 0.4) is 0 Å². The lowest BCUT2D eigenvalue weighted by atomic mass is 10.0. The van der Waals surface area contributed by atoms with Crippen LogP contribution in [0.4, 0.5) is 0 Å². The molecule has 0 spiro atoms. The van der Waals surface area contributed by atoms with Crippen molar-refractivity contribution in [2.75, 3.05) is 0 Å². The summed E-state index contributed by atoms with van der Waals surface area (Å²) in [5, 5.41) is 11.8. The van der Waals surface area contributed by atoms with Gasteiger partial charge in [-0.25, -0.2) is 0 Å². The summed E-state index contributed by atoms with van der Waals surface area (Å²) in [5.74, 6) is -0.466. The number of carboxylic acid groups (broad SMARTS) is 1. The van der Waals surface area contributed by atoms with Crippen LogP contribution < -0.4 is 5.32 Å². The van der Waals surface area contributed by atoms with Gasteiger partial charge in [0.2, 0.25) is 5.91 Å². The van der Waals surface area contributed by atoms with Gasteiger partial charge in [-0.05, 0) is 18.8 Å². The van der Waals surface area contributed by atoms with Gasteiger partial charge >= 0.3 is 5.97 Å². The third-order valence-corrected chi connectivity index (χ3v) is 4.05. The average Bonchev–Trinajstić information content (AvgIpc) is 2.44. The van der Waals surface area contributed by atoms with Gasteiger partial charge in [0.05, 0.1) is 6.42 Å². The van der Waals surface area contributed by atoms with E-state index < -0.39 is 5.97 Å². The molecule has 136 valence electrons. The Morgan fingerprint density at radius 1 is 0.913 bits per heavy atom. The van der Waals surface area contributed by atoms with Gasteiger partial charge in [-0.1, -0.05) is 72.1 Å². The first-order chi connectivity index (χ1) is 11.0. The van der Waals surface area contributed by atoms with E-state index in [9.17, 15) is 9.59 Å². The number of carbonyl (C=O) groups excluding carboxylic acids is 1. The van der Waals surface area contributed by atoms with Crippen LogP contribution in [-0.4, -0.2) is 23.0 Å². The fraction of sp³-hybridized carbons (Fsp3) is 0.895. The molecule has 0 aromatic heterocycles. The van der Waals surface area contributed by atoms with Crippen molar-refractivity contribution in [2.24, 2.45) is 5.92 Å². The van der Waals surface area contributed by atoms with Crippen molar-refractivity contribution >= 4 is 11.9 Å². The molecule has 2 N–H and O–H groups in total. The Hall–Kier alpha value is -1.06. The first-order valence-electron chi connectivity index (χ1n) is 9.46. The maximum atomic E-state index is 11.9. The smallest absolute Gasteiger partial charge is 0.305 e. The van der Waals surface area contributed by atoms with Crippen LogP contribution in [0.15, 0.2) is 0 Å². The molecule has 0 fully saturated rings. The van der Waals surface area contributed by atoms with E-state index in [1.54, 1.807) is 0 Å². The maximum Gasteiger partial charge on any atom is 0.305 e. The molecule has 0 rings (SSSR count). The minimum Gasteiger partial charge on any atom is -0.481 e. The van der Waals surface area contributed by atoms with Gasteiger partial charge in [-0.2, -0.15) is 0 Å². The molecule has 4 nitrogen and oxygen atoms in total. The molecule has 0 aliphatic rings. The molecule has 0 aliphatic heterocycles. The molecule has 0 bridgehead atoms. The van der Waals surface area contributed by atoms with Crippen molar-refractivity contribution in [1.29, 1.82) is 0 Å². The van der Waals surface area contributed by atoms with E-state index in [0.717, 1.165) is 19.3 Å². The molecule has 1 amide bonds. The average molecular weight is 328 g/mol. The van der Waals surface area contributed by atoms with Crippen LogP contribution in [0.1, 0.15) is 97.8 Å². The maximum absolute atomic E-state index is 11.9. The summed E-state index contributed by atoms with van der Waals surface area (Å²) in [5.41, 5.74) is 0. The summed E-state index contributed by atoms with van der Waals surface area (Å²) < 4.78 is 0. The largest absolute Gasteiger partial charge is 0.481 e. The predicted octanol–water partition coefficient (Wildman–Crippen LogP) is 4.91. The Morgan fingerprint density at radius 2 is 1.43 bits per heavy atom. The summed E-state index contributed by atoms with van der Waals surface area (Å²) in [6.07, 6.45) is 12.3. The summed E-state index contributed by atoms with van der Waals surface area (Å²) >= 11 is 0. The van der Waals surface area contributed by atoms with E-state index in [1.165, 1.54) is 44.9 Å². The Bertz CT molecular complexity index is 316. The highest BCUT2D eigenvalue weighted by Gasteiger charge is 2.16. The molecular formula is C19H37NO3. The lowest BCUT2D eigenvalue weighted by Crippen LogP contribution is -2.37. The van der Waals surface area contributed by atoms with E-state index in [1.807, 2.05) is 13.8 Å². The summed E-state index contributed by atoms with van der Waals surface area (Å²) in [4.78, 5) is 22.8. The molecular weight excluding hydrogens is 290 g/mol. The molecule has 0 saturated carbocycles. The summed E-state index contributed by atoms with van der Waals surface area (Å²) in [6.45, 7) is 6.32. The second-order valence-corrected chi connectivity index (χ2v) is 7.07. The van der Waals surface area contributed by atoms with E-state index in [0.29, 0.717) is 12.3 Å². The van der Waals surface area contributed by atoms with Crippen LogP contribution >= 0.6 is 0 Å². The van der Waals surface area contributed by atoms with Gasteiger partial charge in [0.25, 0.3) is 0 Å². The van der Waals surface area contributed by atoms with Gasteiger partial charge in [0, 0.05) is 12.5 Å². The van der Waals surface area contributed by atoms with Gasteiger partial charge in [0.1, 0.15) is 0 Å². The summed E-state index contributed by atoms with van der Waals surface area (Å²) in [6, 6.07) is -0.237. The molecule has 4 heteroatoms. The topological polar surface area (TPSA) is 66.4 Å². The zero-order valence-electron chi connectivity index (χ0n) is 15.4. The Morgan fingerprint density at radius 3 is 1.91 bits per heavy atom. The molecule has 0 heterocycles. The van der Waals surface area contributed by atoms with Crippen molar-refractivity contribution in [1.82, 2.24) is 5.32 Å². The van der Waals surface area contributed by atoms with Crippen LogP contribution in [0, 0.1) is 5.92 Å². The standard InChI is InChI=1S/C19H37NO3/c1-4-5-6-7-8-9-10-11-12-13-18(21)20-17(14-16(2)3)15-19(22)23/h16-17H,4-15H2,1-3H3,(H,20,21)(H,22,23)/t17-/m1/s1. The van der Waals surface area contributed by atoms with Crippen molar-refractivity contribution in [3.8, 4) is 0 Å². The number of nitrogens with one attached hydrogen (secondary N) is 1. The van der Waals surface area contributed by atoms with E-state index >= 15 is 0 Å². The minimum absolute atomic E-state index is 0.000143. The number of carboxylic acids is 1. The van der Waals surface area contributed by atoms with Crippen molar-refractivity contribution in [3.63, 3.8) is 0 Å². The van der Waals surface area contributed by atoms with Crippen molar-refractivity contribution in [2.45, 2.75) is 104 Å². The number of aliphatic carboxylic acids is 1. The number of unbranched alkanes of at least 4 members (excludes halogenated alkanes) is 8. The highest BCUT2D eigenvalue weighted by atomic mass is 16.4. The highest BCUT2D eigenvalue weighted by Crippen LogP contribution is 2.12. The summed E-state index contributed by atoms with van der Waals surface area (Å²) in [7, 11) is 0. The normalized spacial score (nSPS) is 12.3. The molecule has 1 atom stereocenters. The van der Waals surface area contributed by atoms with E-state index in [4.69, 9.17) is 5.11 Å².